The molecule has 0 fully saturated rings. The Morgan fingerprint density at radius 1 is 0.471 bits per heavy atom. The second-order valence-corrected chi connectivity index (χ2v) is 28.8. The predicted octanol–water partition coefficient (Wildman–Crippen LogP) is 14.6. The molecule has 10 aromatic rings. The summed E-state index contributed by atoms with van der Waals surface area (Å²) in [6.45, 7) is 4.42. The Hall–Kier alpha value is -12.3. The third-order valence-corrected chi connectivity index (χ3v) is 20.2. The van der Waals surface area contributed by atoms with Gasteiger partial charge < -0.3 is 43.6 Å². The van der Waals surface area contributed by atoms with Crippen LogP contribution in [0.15, 0.2) is 195 Å². The topological polar surface area (TPSA) is 335 Å². The number of fused-ring (bicyclic) bond motifs is 8. The maximum absolute atomic E-state index is 12.4. The van der Waals surface area contributed by atoms with Gasteiger partial charge in [-0.3, -0.25) is 57.9 Å². The van der Waals surface area contributed by atoms with E-state index in [2.05, 4.69) is 36.2 Å². The van der Waals surface area contributed by atoms with Crippen LogP contribution >= 0.6 is 58.6 Å². The molecule has 4 atom stereocenters. The van der Waals surface area contributed by atoms with Gasteiger partial charge in [0.25, 0.3) is 5.97 Å². The molecule has 0 unspecified atom stereocenters. The zero-order chi connectivity index (χ0) is 88.2. The highest BCUT2D eigenvalue weighted by Gasteiger charge is 2.34. The molecular weight excluding hydrogens is 1620 g/mol. The molecule has 0 aliphatic carbocycles. The number of amides is 2. The SMILES string of the molecule is CC(=O)O.CCNC(=O)C[C@@H]1N=C(c2ccc(Cl)cc2)c2cc(OC)ccc2-n2c(C)nnc21.COC(=O)C[C@@H]1N=C(c2ccc(Cl)cc2)c2cc(OC)ccc2-n2c(C)nnc21.COC(=O)C[C@@H]1N=C(c2ccc(Cl)cc2)c2cc(OC)ccc2CC1=S.[2H]C([2H])([2H])C(=O)N/N=C1\Cc2ccc(OC)cc2C(c2ccc(Cl)cc2)=N[C@H]1CC(=O)OC. The lowest BCUT2D eigenvalue weighted by molar-refractivity contribution is -0.141. The minimum absolute atomic E-state index is 0.0524. The summed E-state index contributed by atoms with van der Waals surface area (Å²) in [5.41, 5.74) is 15.6. The van der Waals surface area contributed by atoms with Gasteiger partial charge in [0.2, 0.25) is 11.8 Å². The number of carboxylic acids is 1. The van der Waals surface area contributed by atoms with Gasteiger partial charge in [-0.1, -0.05) is 119 Å². The van der Waals surface area contributed by atoms with Crippen molar-refractivity contribution in [2.24, 2.45) is 25.1 Å². The Labute approximate surface area is 716 Å². The summed E-state index contributed by atoms with van der Waals surface area (Å²) >= 11 is 29.8. The zero-order valence-corrected chi connectivity index (χ0v) is 70.4. The van der Waals surface area contributed by atoms with Gasteiger partial charge in [0, 0.05) is 107 Å². The molecule has 27 nitrogen and oxygen atoms in total. The van der Waals surface area contributed by atoms with Crippen LogP contribution in [0.25, 0.3) is 11.4 Å². The van der Waals surface area contributed by atoms with Crippen molar-refractivity contribution in [1.29, 1.82) is 0 Å². The maximum Gasteiger partial charge on any atom is 0.308 e. The Morgan fingerprint density at radius 3 is 1.17 bits per heavy atom. The number of esters is 3. The fourth-order valence-corrected chi connectivity index (χ4v) is 13.9. The van der Waals surface area contributed by atoms with Gasteiger partial charge in [0.1, 0.15) is 52.8 Å². The van der Waals surface area contributed by atoms with E-state index < -0.39 is 48.9 Å². The minimum Gasteiger partial charge on any atom is -0.497 e. The number of thiocarbonyl (C=S) groups is 1. The number of nitrogens with one attached hydrogen (secondary N) is 2. The molecule has 0 spiro atoms. The highest BCUT2D eigenvalue weighted by Crippen LogP contribution is 2.38. The molecular formula is C87H85Cl4N13O14S. The molecule has 0 saturated carbocycles. The van der Waals surface area contributed by atoms with Gasteiger partial charge in [-0.15, -0.1) is 20.4 Å². The number of ether oxygens (including phenoxy) is 7. The predicted molar refractivity (Wildman–Crippen MR) is 460 cm³/mol. The van der Waals surface area contributed by atoms with Gasteiger partial charge in [-0.2, -0.15) is 5.10 Å². The van der Waals surface area contributed by atoms with Crippen LogP contribution in [0, 0.1) is 13.8 Å². The molecule has 4 aliphatic rings. The van der Waals surface area contributed by atoms with E-state index in [0.29, 0.717) is 84.1 Å². The lowest BCUT2D eigenvalue weighted by atomic mass is 9.95. The van der Waals surface area contributed by atoms with E-state index in [4.69, 9.17) is 126 Å². The summed E-state index contributed by atoms with van der Waals surface area (Å²) in [7, 11) is 10.4. The van der Waals surface area contributed by atoms with Crippen LogP contribution in [-0.4, -0.2) is 172 Å². The first kappa shape index (κ1) is 84.6. The molecule has 0 saturated heterocycles. The number of aliphatic carboxylic acids is 1. The van der Waals surface area contributed by atoms with E-state index in [0.717, 1.165) is 103 Å². The summed E-state index contributed by atoms with van der Waals surface area (Å²) in [5.74, 6) is 2.02. The van der Waals surface area contributed by atoms with E-state index >= 15 is 0 Å². The Balaban J connectivity index is 0.000000168. The number of hydrazone groups is 1. The molecule has 4 aliphatic heterocycles. The van der Waals surface area contributed by atoms with Crippen LogP contribution in [-0.2, 0) is 55.8 Å². The van der Waals surface area contributed by atoms with Crippen molar-refractivity contribution in [3.8, 4) is 34.4 Å². The quantitative estimate of drug-likeness (QED) is 0.0311. The van der Waals surface area contributed by atoms with E-state index in [1.165, 1.54) is 21.3 Å². The number of hydrogen-bond acceptors (Lipinski definition) is 23. The lowest BCUT2D eigenvalue weighted by Gasteiger charge is -2.14. The Morgan fingerprint density at radius 2 is 0.798 bits per heavy atom. The van der Waals surface area contributed by atoms with E-state index in [1.807, 2.05) is 169 Å². The molecule has 2 aromatic heterocycles. The van der Waals surface area contributed by atoms with Crippen molar-refractivity contribution < 1.29 is 71.1 Å². The van der Waals surface area contributed by atoms with Crippen LogP contribution in [0.1, 0.15) is 142 Å². The molecule has 2 amide bonds. The molecule has 3 N–H and O–H groups in total. The number of rotatable bonds is 18. The number of hydrogen-bond donors (Lipinski definition) is 3. The van der Waals surface area contributed by atoms with Gasteiger partial charge in [-0.05, 0) is 141 Å². The molecule has 8 aromatic carbocycles. The van der Waals surface area contributed by atoms with Crippen molar-refractivity contribution in [2.45, 2.75) is 97.2 Å². The first-order valence-corrected chi connectivity index (χ1v) is 38.8. The number of aryl methyl sites for hydroxylation is 2. The number of aromatic nitrogens is 6. The van der Waals surface area contributed by atoms with Crippen molar-refractivity contribution in [3.05, 3.63) is 269 Å². The van der Waals surface area contributed by atoms with Crippen molar-refractivity contribution in [1.82, 2.24) is 40.3 Å². The lowest BCUT2D eigenvalue weighted by Crippen LogP contribution is -2.28. The third-order valence-electron chi connectivity index (χ3n) is 18.8. The number of methoxy groups -OCH3 is 7. The number of aliphatic imine (C=N–C) groups is 4. The summed E-state index contributed by atoms with van der Waals surface area (Å²) in [5, 5.41) is 34.0. The third kappa shape index (κ3) is 22.7. The number of carbonyl (C=O) groups is 6. The standard InChI is InChI=1S/C22H22ClN5O2.C22H22ClN3O4.C21H19ClN4O3.C20H18ClNO3S.C2H4O2/c1-4-24-20(29)12-18-22-27-26-13(2)28(22)19-10-9-16(30-3)11-17(19)21(25-18)14-5-7-15(23)8-6-14;1-13(27)25-26-20-10-15-6-9-17(29-2)11-18(15)22(14-4-7-16(23)8-5-14)24-19(20)12-21(28)30-3;1-12-24-25-21-17(11-19(27)29-3)23-20(13-4-6-14(22)7-5-13)16-10-15(28-2)8-9-18(16)26(12)21;1-24-15-8-5-13-9-18(26)17(11-19(23)25-2)22-20(16(13)10-15)12-3-6-14(21)7-4-12;1-2(3)4/h5-11,18H,4,12H2,1-3H3,(H,24,29);4-9,11,19H,10,12H2,1-3H3,(H,25,27);4-10,17H,11H2,1-3H3;3-8,10,17H,9,11H2,1-2H3;1H3,(H,3,4)/b;26-20+;;;/t18-;19-;2*17-;/m0000./s1/i;1D3;;;. The van der Waals surface area contributed by atoms with Crippen molar-refractivity contribution in [3.63, 3.8) is 0 Å². The molecule has 0 radical (unpaired) electrons. The largest absolute Gasteiger partial charge is 0.497 e. The number of benzene rings is 8. The average molecular weight is 1710 g/mol. The fourth-order valence-electron chi connectivity index (χ4n) is 13.1. The van der Waals surface area contributed by atoms with Crippen LogP contribution in [0.5, 0.6) is 23.0 Å². The molecule has 14 rings (SSSR count). The molecule has 32 heteroatoms. The monoisotopic (exact) mass is 1710 g/mol. The summed E-state index contributed by atoms with van der Waals surface area (Å²) in [4.78, 5) is 89.6. The van der Waals surface area contributed by atoms with Gasteiger partial charge in [-0.25, -0.2) is 5.43 Å². The summed E-state index contributed by atoms with van der Waals surface area (Å²) in [6.07, 6.45) is 0.976. The smallest absolute Gasteiger partial charge is 0.308 e. The highest BCUT2D eigenvalue weighted by atomic mass is 35.5. The van der Waals surface area contributed by atoms with Crippen LogP contribution in [0.4, 0.5) is 0 Å². The minimum atomic E-state index is -2.87. The van der Waals surface area contributed by atoms with Crippen LogP contribution < -0.4 is 29.7 Å². The normalized spacial score (nSPS) is 15.9. The van der Waals surface area contributed by atoms with Gasteiger partial charge >= 0.3 is 17.9 Å². The average Bonchev–Trinajstić information content (AvgIpc) is 1.61. The van der Waals surface area contributed by atoms with Crippen molar-refractivity contribution in [2.75, 3.05) is 56.3 Å². The molecule has 119 heavy (non-hydrogen) atoms. The number of carbonyl (C=O) groups excluding carboxylic acids is 5. The second kappa shape index (κ2) is 41.7. The second-order valence-electron chi connectivity index (χ2n) is 26.6. The van der Waals surface area contributed by atoms with Gasteiger partial charge in [0.15, 0.2) is 11.6 Å². The van der Waals surface area contributed by atoms with Crippen molar-refractivity contribution >= 4 is 128 Å². The number of halogens is 4. The molecule has 0 bridgehead atoms. The molecule has 6 heterocycles. The Bertz CT molecular complexity index is 5700. The van der Waals surface area contributed by atoms with Crippen LogP contribution in [0.3, 0.4) is 0 Å². The summed E-state index contributed by atoms with van der Waals surface area (Å²) < 4.78 is 61.8. The number of nitrogens with zero attached hydrogens (tertiary/aromatic N) is 11. The van der Waals surface area contributed by atoms with E-state index in [9.17, 15) is 24.0 Å². The number of carboxylic acid groups (broad SMARTS) is 1. The van der Waals surface area contributed by atoms with E-state index in [1.54, 1.807) is 58.8 Å². The summed E-state index contributed by atoms with van der Waals surface area (Å²) in [6, 6.07) is 50.0. The van der Waals surface area contributed by atoms with Gasteiger partial charge in [0.05, 0.1) is 121 Å². The highest BCUT2D eigenvalue weighted by molar-refractivity contribution is 7.80. The molecule has 616 valence electrons. The zero-order valence-electron chi connectivity index (χ0n) is 69.5. The fraction of sp³-hybridized carbons (Fsp3) is 0.264. The first-order valence-electron chi connectivity index (χ1n) is 38.4. The Kier molecular flexibility index (Phi) is 29.6. The van der Waals surface area contributed by atoms with Crippen LogP contribution in [0.2, 0.25) is 20.1 Å². The maximum atomic E-state index is 12.4. The first-order chi connectivity index (χ1) is 58.4. The van der Waals surface area contributed by atoms with E-state index in [-0.39, 0.29) is 49.9 Å².